The van der Waals surface area contributed by atoms with Gasteiger partial charge in [-0.05, 0) is 34.1 Å². The van der Waals surface area contributed by atoms with Crippen molar-refractivity contribution in [3.63, 3.8) is 0 Å². The Kier molecular flexibility index (Phi) is 5.21. The van der Waals surface area contributed by atoms with Crippen LogP contribution in [0.5, 0.6) is 0 Å². The number of halogens is 2. The van der Waals surface area contributed by atoms with Gasteiger partial charge >= 0.3 is 0 Å². The molecule has 4 nitrogen and oxygen atoms in total. The lowest BCUT2D eigenvalue weighted by atomic mass is 10.2. The fourth-order valence-electron chi connectivity index (χ4n) is 1.04. The number of hydrogen-bond donors (Lipinski definition) is 3. The molecule has 0 spiro atoms. The lowest BCUT2D eigenvalue weighted by Gasteiger charge is -2.10. The van der Waals surface area contributed by atoms with Gasteiger partial charge in [-0.3, -0.25) is 4.79 Å². The molecule has 1 amide bonds. The van der Waals surface area contributed by atoms with Crippen LogP contribution in [0, 0.1) is 0 Å². The van der Waals surface area contributed by atoms with Gasteiger partial charge in [-0.1, -0.05) is 11.6 Å². The smallest absolute Gasteiger partial charge is 0.252 e. The maximum atomic E-state index is 11.6. The number of amides is 1. The standard InChI is InChI=1S/C10H11BrClNO3/c11-9-2-1-6(12)3-8(9)10(16)13-4-7(15)5-14/h1-3,7,14-15H,4-5H2,(H,13,16). The molecule has 88 valence electrons. The Morgan fingerprint density at radius 2 is 2.25 bits per heavy atom. The zero-order chi connectivity index (χ0) is 12.1. The van der Waals surface area contributed by atoms with Gasteiger partial charge in [-0.15, -0.1) is 0 Å². The van der Waals surface area contributed by atoms with Crippen molar-refractivity contribution in [2.75, 3.05) is 13.2 Å². The molecular formula is C10H11BrClNO3. The SMILES string of the molecule is O=C(NCC(O)CO)c1cc(Cl)ccc1Br. The average molecular weight is 309 g/mol. The molecule has 0 heterocycles. The van der Waals surface area contributed by atoms with E-state index in [1.807, 2.05) is 0 Å². The van der Waals surface area contributed by atoms with E-state index in [1.165, 1.54) is 6.07 Å². The van der Waals surface area contributed by atoms with Crippen molar-refractivity contribution in [2.45, 2.75) is 6.10 Å². The molecule has 0 aliphatic heterocycles. The van der Waals surface area contributed by atoms with E-state index in [4.69, 9.17) is 21.8 Å². The minimum atomic E-state index is -0.957. The average Bonchev–Trinajstić information content (AvgIpc) is 2.28. The molecule has 0 radical (unpaired) electrons. The molecule has 0 bridgehead atoms. The molecule has 1 aromatic carbocycles. The third-order valence-corrected chi connectivity index (χ3v) is 2.81. The second-order valence-electron chi connectivity index (χ2n) is 3.17. The number of benzene rings is 1. The largest absolute Gasteiger partial charge is 0.394 e. The summed E-state index contributed by atoms with van der Waals surface area (Å²) in [6.45, 7) is -0.398. The Bertz CT molecular complexity index is 386. The zero-order valence-electron chi connectivity index (χ0n) is 8.28. The Labute approximate surface area is 106 Å². The first-order valence-electron chi connectivity index (χ1n) is 4.56. The molecular weight excluding hydrogens is 297 g/mol. The molecule has 0 saturated heterocycles. The van der Waals surface area contributed by atoms with E-state index in [1.54, 1.807) is 12.1 Å². The van der Waals surface area contributed by atoms with Crippen LogP contribution in [0.2, 0.25) is 5.02 Å². The maximum absolute atomic E-state index is 11.6. The molecule has 0 aromatic heterocycles. The highest BCUT2D eigenvalue weighted by molar-refractivity contribution is 9.10. The summed E-state index contributed by atoms with van der Waals surface area (Å²) >= 11 is 8.98. The van der Waals surface area contributed by atoms with Gasteiger partial charge in [0, 0.05) is 16.0 Å². The minimum absolute atomic E-state index is 0.00567. The molecule has 6 heteroatoms. The van der Waals surface area contributed by atoms with Crippen LogP contribution in [0.4, 0.5) is 0 Å². The summed E-state index contributed by atoms with van der Waals surface area (Å²) in [5.41, 5.74) is 0.387. The summed E-state index contributed by atoms with van der Waals surface area (Å²) in [7, 11) is 0. The number of aliphatic hydroxyl groups is 2. The fraction of sp³-hybridized carbons (Fsp3) is 0.300. The van der Waals surface area contributed by atoms with Crippen molar-refractivity contribution < 1.29 is 15.0 Å². The van der Waals surface area contributed by atoms with Crippen LogP contribution in [-0.4, -0.2) is 35.4 Å². The van der Waals surface area contributed by atoms with Crippen LogP contribution in [0.3, 0.4) is 0 Å². The Morgan fingerprint density at radius 1 is 1.56 bits per heavy atom. The van der Waals surface area contributed by atoms with Crippen molar-refractivity contribution in [1.29, 1.82) is 0 Å². The van der Waals surface area contributed by atoms with E-state index in [-0.39, 0.29) is 12.5 Å². The molecule has 1 aromatic rings. The summed E-state index contributed by atoms with van der Waals surface area (Å²) in [5, 5.41) is 20.6. The molecule has 0 saturated carbocycles. The Balaban J connectivity index is 2.69. The molecule has 1 unspecified atom stereocenters. The lowest BCUT2D eigenvalue weighted by Crippen LogP contribution is -2.34. The van der Waals surface area contributed by atoms with Crippen molar-refractivity contribution in [2.24, 2.45) is 0 Å². The summed E-state index contributed by atoms with van der Waals surface area (Å²) in [4.78, 5) is 11.6. The van der Waals surface area contributed by atoms with Crippen LogP contribution in [0.25, 0.3) is 0 Å². The second-order valence-corrected chi connectivity index (χ2v) is 4.46. The number of aliphatic hydroxyl groups excluding tert-OH is 2. The van der Waals surface area contributed by atoms with Crippen LogP contribution in [0.15, 0.2) is 22.7 Å². The second kappa shape index (κ2) is 6.20. The fourth-order valence-corrected chi connectivity index (χ4v) is 1.64. The predicted molar refractivity (Wildman–Crippen MR) is 64.6 cm³/mol. The van der Waals surface area contributed by atoms with Gasteiger partial charge in [-0.2, -0.15) is 0 Å². The first-order chi connectivity index (χ1) is 7.54. The van der Waals surface area contributed by atoms with Gasteiger partial charge < -0.3 is 15.5 Å². The van der Waals surface area contributed by atoms with Gasteiger partial charge in [-0.25, -0.2) is 0 Å². The maximum Gasteiger partial charge on any atom is 0.252 e. The first kappa shape index (κ1) is 13.4. The highest BCUT2D eigenvalue weighted by Gasteiger charge is 2.11. The molecule has 0 aliphatic carbocycles. The van der Waals surface area contributed by atoms with Crippen LogP contribution < -0.4 is 5.32 Å². The van der Waals surface area contributed by atoms with Crippen LogP contribution >= 0.6 is 27.5 Å². The Hall–Kier alpha value is -0.620. The molecule has 3 N–H and O–H groups in total. The molecule has 16 heavy (non-hydrogen) atoms. The lowest BCUT2D eigenvalue weighted by molar-refractivity contribution is 0.0801. The summed E-state index contributed by atoms with van der Waals surface area (Å²) < 4.78 is 0.618. The third-order valence-electron chi connectivity index (χ3n) is 1.88. The molecule has 1 atom stereocenters. The van der Waals surface area contributed by atoms with E-state index in [9.17, 15) is 4.79 Å². The van der Waals surface area contributed by atoms with Crippen LogP contribution in [-0.2, 0) is 0 Å². The van der Waals surface area contributed by atoms with E-state index >= 15 is 0 Å². The van der Waals surface area contributed by atoms with Crippen molar-refractivity contribution in [1.82, 2.24) is 5.32 Å². The van der Waals surface area contributed by atoms with Gasteiger partial charge in [0.1, 0.15) is 0 Å². The topological polar surface area (TPSA) is 69.6 Å². The molecule has 0 aliphatic rings. The number of hydrogen-bond acceptors (Lipinski definition) is 3. The normalized spacial score (nSPS) is 12.2. The van der Waals surface area contributed by atoms with Gasteiger partial charge in [0.15, 0.2) is 0 Å². The zero-order valence-corrected chi connectivity index (χ0v) is 10.6. The number of carbonyl (C=O) groups is 1. The van der Waals surface area contributed by atoms with E-state index < -0.39 is 12.7 Å². The van der Waals surface area contributed by atoms with E-state index in [0.29, 0.717) is 15.1 Å². The summed E-state index contributed by atoms with van der Waals surface area (Å²) in [6.07, 6.45) is -0.957. The number of rotatable bonds is 4. The summed E-state index contributed by atoms with van der Waals surface area (Å²) in [5.74, 6) is -0.359. The number of nitrogens with one attached hydrogen (secondary N) is 1. The quantitative estimate of drug-likeness (QED) is 0.782. The molecule has 1 rings (SSSR count). The van der Waals surface area contributed by atoms with Crippen molar-refractivity contribution in [3.05, 3.63) is 33.3 Å². The first-order valence-corrected chi connectivity index (χ1v) is 5.74. The van der Waals surface area contributed by atoms with Crippen molar-refractivity contribution >= 4 is 33.4 Å². The minimum Gasteiger partial charge on any atom is -0.394 e. The van der Waals surface area contributed by atoms with Gasteiger partial charge in [0.25, 0.3) is 5.91 Å². The van der Waals surface area contributed by atoms with Gasteiger partial charge in [0.05, 0.1) is 18.3 Å². The highest BCUT2D eigenvalue weighted by atomic mass is 79.9. The molecule has 0 fully saturated rings. The van der Waals surface area contributed by atoms with E-state index in [0.717, 1.165) is 0 Å². The van der Waals surface area contributed by atoms with Gasteiger partial charge in [0.2, 0.25) is 0 Å². The Morgan fingerprint density at radius 3 is 2.88 bits per heavy atom. The summed E-state index contributed by atoms with van der Waals surface area (Å²) in [6, 6.07) is 4.84. The third kappa shape index (κ3) is 3.75. The van der Waals surface area contributed by atoms with Crippen LogP contribution in [0.1, 0.15) is 10.4 Å². The highest BCUT2D eigenvalue weighted by Crippen LogP contribution is 2.20. The van der Waals surface area contributed by atoms with E-state index in [2.05, 4.69) is 21.2 Å². The number of carbonyl (C=O) groups excluding carboxylic acids is 1. The monoisotopic (exact) mass is 307 g/mol. The predicted octanol–water partition coefficient (Wildman–Crippen LogP) is 1.19. The van der Waals surface area contributed by atoms with Crippen molar-refractivity contribution in [3.8, 4) is 0 Å².